The Morgan fingerprint density at radius 2 is 2.00 bits per heavy atom. The lowest BCUT2D eigenvalue weighted by Crippen LogP contribution is -2.20. The van der Waals surface area contributed by atoms with Crippen LogP contribution in [0.15, 0.2) is 51.8 Å². The Balaban J connectivity index is 2.10. The molecule has 0 heterocycles. The number of benzene rings is 2. The van der Waals surface area contributed by atoms with Crippen LogP contribution < -0.4 is 10.6 Å². The normalized spacial score (nSPS) is 10.2. The standard InChI is InChI=1S/C15H15BrN2O2S/c1-21-11-5-2-4-10(8-11)17-15(20)18-14-7-3-6-13(16)12(14)9-19/h2-8,19H,9H2,1H3,(H2,17,18,20). The highest BCUT2D eigenvalue weighted by Gasteiger charge is 2.09. The van der Waals surface area contributed by atoms with Crippen molar-refractivity contribution in [1.82, 2.24) is 0 Å². The van der Waals surface area contributed by atoms with Crippen molar-refractivity contribution in [2.24, 2.45) is 0 Å². The van der Waals surface area contributed by atoms with Crippen LogP contribution >= 0.6 is 27.7 Å². The lowest BCUT2D eigenvalue weighted by atomic mass is 10.2. The smallest absolute Gasteiger partial charge is 0.323 e. The molecule has 0 bridgehead atoms. The maximum Gasteiger partial charge on any atom is 0.323 e. The first-order valence-corrected chi connectivity index (χ1v) is 8.26. The summed E-state index contributed by atoms with van der Waals surface area (Å²) in [5.74, 6) is 0. The van der Waals surface area contributed by atoms with E-state index in [1.54, 1.807) is 23.9 Å². The highest BCUT2D eigenvalue weighted by Crippen LogP contribution is 2.25. The second-order valence-electron chi connectivity index (χ2n) is 4.24. The van der Waals surface area contributed by atoms with E-state index in [2.05, 4.69) is 26.6 Å². The summed E-state index contributed by atoms with van der Waals surface area (Å²) in [6.07, 6.45) is 1.98. The highest BCUT2D eigenvalue weighted by atomic mass is 79.9. The summed E-state index contributed by atoms with van der Waals surface area (Å²) in [6.45, 7) is -0.154. The van der Waals surface area contributed by atoms with E-state index >= 15 is 0 Å². The Hall–Kier alpha value is -1.50. The lowest BCUT2D eigenvalue weighted by Gasteiger charge is -2.12. The molecule has 21 heavy (non-hydrogen) atoms. The van der Waals surface area contributed by atoms with Crippen LogP contribution in [0.4, 0.5) is 16.2 Å². The van der Waals surface area contributed by atoms with Crippen LogP contribution in [0.25, 0.3) is 0 Å². The van der Waals surface area contributed by atoms with Gasteiger partial charge in [-0.1, -0.05) is 28.1 Å². The predicted octanol–water partition coefficient (Wildman–Crippen LogP) is 4.31. The summed E-state index contributed by atoms with van der Waals surface area (Å²) in [5, 5.41) is 14.9. The van der Waals surface area contributed by atoms with Crippen LogP contribution in [0.3, 0.4) is 0 Å². The number of anilines is 2. The molecule has 0 saturated carbocycles. The Labute approximate surface area is 136 Å². The van der Waals surface area contributed by atoms with Gasteiger partial charge in [-0.05, 0) is 36.6 Å². The number of halogens is 1. The van der Waals surface area contributed by atoms with Gasteiger partial charge in [-0.25, -0.2) is 4.79 Å². The predicted molar refractivity (Wildman–Crippen MR) is 90.9 cm³/mol. The number of carbonyl (C=O) groups excluding carboxylic acids is 1. The van der Waals surface area contributed by atoms with Gasteiger partial charge in [0.05, 0.1) is 6.61 Å². The van der Waals surface area contributed by atoms with Crippen molar-refractivity contribution in [3.63, 3.8) is 0 Å². The van der Waals surface area contributed by atoms with Crippen LogP contribution in [0.5, 0.6) is 0 Å². The van der Waals surface area contributed by atoms with Crippen LogP contribution in [0.1, 0.15) is 5.56 Å². The minimum Gasteiger partial charge on any atom is -0.392 e. The zero-order valence-electron chi connectivity index (χ0n) is 11.4. The maximum absolute atomic E-state index is 12.0. The highest BCUT2D eigenvalue weighted by molar-refractivity contribution is 9.10. The zero-order chi connectivity index (χ0) is 15.2. The molecular formula is C15H15BrN2O2S. The first-order valence-electron chi connectivity index (χ1n) is 6.24. The molecule has 4 nitrogen and oxygen atoms in total. The van der Waals surface area contributed by atoms with Gasteiger partial charge >= 0.3 is 6.03 Å². The molecular weight excluding hydrogens is 352 g/mol. The van der Waals surface area contributed by atoms with Gasteiger partial charge in [0.1, 0.15) is 0 Å². The fourth-order valence-electron chi connectivity index (χ4n) is 1.82. The number of urea groups is 1. The molecule has 0 aromatic heterocycles. The van der Waals surface area contributed by atoms with Crippen molar-refractivity contribution >= 4 is 45.1 Å². The van der Waals surface area contributed by atoms with E-state index in [9.17, 15) is 9.90 Å². The molecule has 3 N–H and O–H groups in total. The van der Waals surface area contributed by atoms with Crippen LogP contribution in [0, 0.1) is 0 Å². The molecule has 0 aliphatic rings. The van der Waals surface area contributed by atoms with E-state index in [1.165, 1.54) is 0 Å². The second-order valence-corrected chi connectivity index (χ2v) is 5.97. The Morgan fingerprint density at radius 1 is 1.24 bits per heavy atom. The molecule has 2 amide bonds. The number of hydrogen-bond acceptors (Lipinski definition) is 3. The number of aliphatic hydroxyl groups is 1. The monoisotopic (exact) mass is 366 g/mol. The fraction of sp³-hybridized carbons (Fsp3) is 0.133. The first kappa shape index (κ1) is 15.9. The van der Waals surface area contributed by atoms with E-state index < -0.39 is 0 Å². The number of amides is 2. The van der Waals surface area contributed by atoms with Crippen molar-refractivity contribution in [3.05, 3.63) is 52.5 Å². The minimum atomic E-state index is -0.346. The van der Waals surface area contributed by atoms with Gasteiger partial charge in [0.25, 0.3) is 0 Å². The molecule has 0 spiro atoms. The molecule has 0 unspecified atom stereocenters. The third-order valence-electron chi connectivity index (χ3n) is 2.85. The average Bonchev–Trinajstić information content (AvgIpc) is 2.47. The van der Waals surface area contributed by atoms with Gasteiger partial charge in [0, 0.05) is 26.3 Å². The van der Waals surface area contributed by atoms with Crippen LogP contribution in [-0.2, 0) is 6.61 Å². The molecule has 0 atom stereocenters. The first-order chi connectivity index (χ1) is 10.1. The molecule has 2 aromatic rings. The van der Waals surface area contributed by atoms with E-state index in [0.717, 1.165) is 15.1 Å². The zero-order valence-corrected chi connectivity index (χ0v) is 13.8. The number of thioether (sulfide) groups is 1. The number of hydrogen-bond donors (Lipinski definition) is 3. The van der Waals surface area contributed by atoms with Gasteiger partial charge in [0.15, 0.2) is 0 Å². The van der Waals surface area contributed by atoms with Crippen molar-refractivity contribution in [3.8, 4) is 0 Å². The fourth-order valence-corrected chi connectivity index (χ4v) is 2.77. The Kier molecular flexibility index (Phi) is 5.67. The molecule has 0 fully saturated rings. The summed E-state index contributed by atoms with van der Waals surface area (Å²) in [4.78, 5) is 13.1. The molecule has 0 saturated heterocycles. The summed E-state index contributed by atoms with van der Waals surface area (Å²) in [5.41, 5.74) is 1.94. The second kappa shape index (κ2) is 7.49. The average molecular weight is 367 g/mol. The van der Waals surface area contributed by atoms with Gasteiger partial charge < -0.3 is 15.7 Å². The molecule has 2 rings (SSSR count). The van der Waals surface area contributed by atoms with Gasteiger partial charge in [-0.15, -0.1) is 11.8 Å². The summed E-state index contributed by atoms with van der Waals surface area (Å²) in [7, 11) is 0. The van der Waals surface area contributed by atoms with E-state index in [4.69, 9.17) is 0 Å². The molecule has 6 heteroatoms. The van der Waals surface area contributed by atoms with Crippen molar-refractivity contribution in [2.45, 2.75) is 11.5 Å². The molecule has 0 aliphatic heterocycles. The maximum atomic E-state index is 12.0. The topological polar surface area (TPSA) is 61.4 Å². The number of nitrogens with one attached hydrogen (secondary N) is 2. The van der Waals surface area contributed by atoms with Gasteiger partial charge in [0.2, 0.25) is 0 Å². The SMILES string of the molecule is CSc1cccc(NC(=O)Nc2cccc(Br)c2CO)c1. The molecule has 2 aromatic carbocycles. The van der Waals surface area contributed by atoms with Crippen LogP contribution in [-0.4, -0.2) is 17.4 Å². The molecule has 0 radical (unpaired) electrons. The van der Waals surface area contributed by atoms with Crippen molar-refractivity contribution < 1.29 is 9.90 Å². The largest absolute Gasteiger partial charge is 0.392 e. The third-order valence-corrected chi connectivity index (χ3v) is 4.32. The summed E-state index contributed by atoms with van der Waals surface area (Å²) in [6, 6.07) is 12.6. The molecule has 110 valence electrons. The third kappa shape index (κ3) is 4.23. The quantitative estimate of drug-likeness (QED) is 0.706. The Morgan fingerprint density at radius 3 is 2.71 bits per heavy atom. The van der Waals surface area contributed by atoms with E-state index in [0.29, 0.717) is 11.3 Å². The van der Waals surface area contributed by atoms with Crippen molar-refractivity contribution in [1.29, 1.82) is 0 Å². The minimum absolute atomic E-state index is 0.154. The van der Waals surface area contributed by atoms with E-state index in [1.807, 2.05) is 36.6 Å². The van der Waals surface area contributed by atoms with Crippen molar-refractivity contribution in [2.75, 3.05) is 16.9 Å². The molecule has 0 aliphatic carbocycles. The number of carbonyl (C=O) groups is 1. The summed E-state index contributed by atoms with van der Waals surface area (Å²) >= 11 is 4.96. The van der Waals surface area contributed by atoms with Crippen LogP contribution in [0.2, 0.25) is 0 Å². The van der Waals surface area contributed by atoms with Gasteiger partial charge in [-0.2, -0.15) is 0 Å². The Bertz CT molecular complexity index is 649. The van der Waals surface area contributed by atoms with E-state index in [-0.39, 0.29) is 12.6 Å². The lowest BCUT2D eigenvalue weighted by molar-refractivity contribution is 0.262. The van der Waals surface area contributed by atoms with Gasteiger partial charge in [-0.3, -0.25) is 0 Å². The number of rotatable bonds is 4. The summed E-state index contributed by atoms with van der Waals surface area (Å²) < 4.78 is 0.757. The number of aliphatic hydroxyl groups excluding tert-OH is 1.